The summed E-state index contributed by atoms with van der Waals surface area (Å²) >= 11 is 0. The second-order valence-electron chi connectivity index (χ2n) is 7.69. The van der Waals surface area contributed by atoms with E-state index in [2.05, 4.69) is 31.4 Å². The molecule has 5 heterocycles. The largest absolute Gasteiger partial charge is 0.358 e. The molecule has 1 aliphatic heterocycles. The van der Waals surface area contributed by atoms with Crippen LogP contribution in [0, 0.1) is 11.3 Å². The fourth-order valence-corrected chi connectivity index (χ4v) is 4.17. The molecular formula is C24H21N7O. The van der Waals surface area contributed by atoms with Crippen LogP contribution in [0.3, 0.4) is 0 Å². The highest BCUT2D eigenvalue weighted by Gasteiger charge is 2.30. The van der Waals surface area contributed by atoms with Crippen LogP contribution in [0.1, 0.15) is 11.3 Å². The van der Waals surface area contributed by atoms with Gasteiger partial charge in [-0.05, 0) is 24.3 Å². The summed E-state index contributed by atoms with van der Waals surface area (Å²) in [5, 5.41) is 16.9. The van der Waals surface area contributed by atoms with Crippen molar-refractivity contribution >= 4 is 17.0 Å². The molecule has 0 aromatic carbocycles. The third-order valence-electron chi connectivity index (χ3n) is 5.75. The Labute approximate surface area is 185 Å². The number of fused-ring (bicyclic) bond motifs is 1. The number of nitrogens with zero attached hydrogens (tertiary/aromatic N) is 6. The van der Waals surface area contributed by atoms with E-state index in [-0.39, 0.29) is 11.8 Å². The number of pyridine rings is 3. The predicted molar refractivity (Wildman–Crippen MR) is 120 cm³/mol. The van der Waals surface area contributed by atoms with Crippen LogP contribution in [-0.2, 0) is 11.2 Å². The first-order valence-corrected chi connectivity index (χ1v) is 10.5. The Morgan fingerprint density at radius 3 is 2.97 bits per heavy atom. The predicted octanol–water partition coefficient (Wildman–Crippen LogP) is 2.25. The number of anilines is 1. The van der Waals surface area contributed by atoms with Gasteiger partial charge >= 0.3 is 0 Å². The second-order valence-corrected chi connectivity index (χ2v) is 7.69. The average molecular weight is 423 g/mol. The van der Waals surface area contributed by atoms with Gasteiger partial charge in [0.05, 0.1) is 23.7 Å². The molecule has 1 aliphatic rings. The minimum absolute atomic E-state index is 0.125. The number of ketones is 1. The fraction of sp³-hybridized carbons (Fsp3) is 0.208. The number of hydrogen-bond donors (Lipinski definition) is 1. The standard InChI is InChI=1S/C24H21N7O/c25-12-18-13-29-31-16-17(4-5-21(18)31)20-14-26-8-6-22(20)30-10-9-27-15-23(30)24(32)11-19-3-1-2-7-28-19/h1-8,13-14,16,23,27H,9-11,15H2. The molecule has 5 rings (SSSR count). The van der Waals surface area contributed by atoms with Crippen LogP contribution in [0.25, 0.3) is 16.6 Å². The number of rotatable bonds is 5. The highest BCUT2D eigenvalue weighted by atomic mass is 16.1. The van der Waals surface area contributed by atoms with Crippen molar-refractivity contribution in [3.8, 4) is 17.2 Å². The highest BCUT2D eigenvalue weighted by molar-refractivity contribution is 5.91. The summed E-state index contributed by atoms with van der Waals surface area (Å²) in [4.78, 5) is 24.0. The van der Waals surface area contributed by atoms with Crippen molar-refractivity contribution in [1.82, 2.24) is 24.9 Å². The second kappa shape index (κ2) is 8.57. The zero-order valence-corrected chi connectivity index (χ0v) is 17.3. The van der Waals surface area contributed by atoms with Gasteiger partial charge < -0.3 is 10.2 Å². The molecule has 1 fully saturated rings. The molecule has 32 heavy (non-hydrogen) atoms. The van der Waals surface area contributed by atoms with E-state index in [1.54, 1.807) is 23.1 Å². The van der Waals surface area contributed by atoms with Gasteiger partial charge in [0.2, 0.25) is 0 Å². The third kappa shape index (κ3) is 3.70. The van der Waals surface area contributed by atoms with Crippen molar-refractivity contribution in [1.29, 1.82) is 5.26 Å². The maximum Gasteiger partial charge on any atom is 0.162 e. The number of piperazine rings is 1. The van der Waals surface area contributed by atoms with E-state index in [9.17, 15) is 10.1 Å². The number of Topliss-reactive ketones (excluding diaryl/α,β-unsaturated/α-hetero) is 1. The summed E-state index contributed by atoms with van der Waals surface area (Å²) in [6.45, 7) is 2.08. The molecule has 0 spiro atoms. The lowest BCUT2D eigenvalue weighted by Crippen LogP contribution is -2.55. The topological polar surface area (TPSA) is 99.2 Å². The molecule has 8 nitrogen and oxygen atoms in total. The van der Waals surface area contributed by atoms with Crippen LogP contribution in [0.4, 0.5) is 5.69 Å². The van der Waals surface area contributed by atoms with Gasteiger partial charge in [-0.3, -0.25) is 14.8 Å². The molecule has 4 aromatic rings. The van der Waals surface area contributed by atoms with E-state index in [1.165, 1.54) is 0 Å². The fourth-order valence-electron chi connectivity index (χ4n) is 4.17. The third-order valence-corrected chi connectivity index (χ3v) is 5.75. The van der Waals surface area contributed by atoms with Crippen LogP contribution in [0.15, 0.2) is 67.4 Å². The number of nitriles is 1. The molecule has 4 aromatic heterocycles. The minimum atomic E-state index is -0.300. The molecule has 0 saturated carbocycles. The molecule has 0 amide bonds. The number of carbonyl (C=O) groups excluding carboxylic acids is 1. The number of hydrogen-bond acceptors (Lipinski definition) is 7. The van der Waals surface area contributed by atoms with Crippen LogP contribution in [-0.4, -0.2) is 51.0 Å². The molecule has 1 saturated heterocycles. The quantitative estimate of drug-likeness (QED) is 0.526. The lowest BCUT2D eigenvalue weighted by molar-refractivity contribution is -0.119. The normalized spacial score (nSPS) is 16.1. The zero-order valence-electron chi connectivity index (χ0n) is 17.3. The maximum absolute atomic E-state index is 13.2. The Bertz CT molecular complexity index is 1310. The van der Waals surface area contributed by atoms with Crippen LogP contribution >= 0.6 is 0 Å². The van der Waals surface area contributed by atoms with E-state index < -0.39 is 0 Å². The van der Waals surface area contributed by atoms with E-state index in [0.717, 1.165) is 34.6 Å². The lowest BCUT2D eigenvalue weighted by atomic mass is 10.00. The van der Waals surface area contributed by atoms with Gasteiger partial charge in [-0.15, -0.1) is 0 Å². The van der Waals surface area contributed by atoms with Crippen molar-refractivity contribution in [3.63, 3.8) is 0 Å². The van der Waals surface area contributed by atoms with Gasteiger partial charge in [-0.25, -0.2) is 4.52 Å². The summed E-state index contributed by atoms with van der Waals surface area (Å²) in [5.74, 6) is 0.125. The Hall–Kier alpha value is -4.09. The van der Waals surface area contributed by atoms with Crippen molar-refractivity contribution in [3.05, 3.63) is 78.6 Å². The molecule has 8 heteroatoms. The Morgan fingerprint density at radius 1 is 1.19 bits per heavy atom. The van der Waals surface area contributed by atoms with Crippen molar-refractivity contribution in [2.24, 2.45) is 0 Å². The summed E-state index contributed by atoms with van der Waals surface area (Å²) in [6, 6.07) is 13.3. The first kappa shape index (κ1) is 19.8. The number of carbonyl (C=O) groups is 1. The maximum atomic E-state index is 13.2. The SMILES string of the molecule is N#Cc1cnn2cc(-c3cnccc3N3CCNCC3C(=O)Cc3ccccn3)ccc12. The molecule has 0 bridgehead atoms. The Morgan fingerprint density at radius 2 is 2.12 bits per heavy atom. The van der Waals surface area contributed by atoms with Crippen molar-refractivity contribution < 1.29 is 4.79 Å². The van der Waals surface area contributed by atoms with Gasteiger partial charge in [-0.2, -0.15) is 10.4 Å². The monoisotopic (exact) mass is 423 g/mol. The Kier molecular flexibility index (Phi) is 5.32. The number of nitrogens with one attached hydrogen (secondary N) is 1. The smallest absolute Gasteiger partial charge is 0.162 e. The first-order valence-electron chi connectivity index (χ1n) is 10.5. The molecule has 1 N–H and O–H groups in total. The van der Waals surface area contributed by atoms with E-state index in [0.29, 0.717) is 25.1 Å². The molecule has 0 radical (unpaired) electrons. The molecular weight excluding hydrogens is 402 g/mol. The average Bonchev–Trinajstić information content (AvgIpc) is 3.27. The minimum Gasteiger partial charge on any atom is -0.358 e. The summed E-state index contributed by atoms with van der Waals surface area (Å²) in [5.41, 5.74) is 4.85. The van der Waals surface area contributed by atoms with Crippen LogP contribution in [0.5, 0.6) is 0 Å². The summed E-state index contributed by atoms with van der Waals surface area (Å²) in [6.07, 6.45) is 9.02. The van der Waals surface area contributed by atoms with E-state index >= 15 is 0 Å². The van der Waals surface area contributed by atoms with Gasteiger partial charge in [-0.1, -0.05) is 12.1 Å². The number of aromatic nitrogens is 4. The van der Waals surface area contributed by atoms with Gasteiger partial charge in [0.25, 0.3) is 0 Å². The van der Waals surface area contributed by atoms with E-state index in [1.807, 2.05) is 48.8 Å². The van der Waals surface area contributed by atoms with Gasteiger partial charge in [0, 0.05) is 66.9 Å². The van der Waals surface area contributed by atoms with Crippen LogP contribution in [0.2, 0.25) is 0 Å². The Balaban J connectivity index is 1.50. The first-order chi connectivity index (χ1) is 15.7. The molecule has 1 atom stereocenters. The van der Waals surface area contributed by atoms with Crippen molar-refractivity contribution in [2.75, 3.05) is 24.5 Å². The van der Waals surface area contributed by atoms with Crippen LogP contribution < -0.4 is 10.2 Å². The molecule has 0 aliphatic carbocycles. The summed E-state index contributed by atoms with van der Waals surface area (Å²) < 4.78 is 1.70. The van der Waals surface area contributed by atoms with E-state index in [4.69, 9.17) is 0 Å². The van der Waals surface area contributed by atoms with Crippen molar-refractivity contribution in [2.45, 2.75) is 12.5 Å². The van der Waals surface area contributed by atoms with Gasteiger partial charge in [0.15, 0.2) is 5.78 Å². The van der Waals surface area contributed by atoms with Gasteiger partial charge in [0.1, 0.15) is 12.1 Å². The summed E-state index contributed by atoms with van der Waals surface area (Å²) in [7, 11) is 0. The zero-order chi connectivity index (χ0) is 21.9. The molecule has 1 unspecified atom stereocenters. The molecule has 158 valence electrons. The highest BCUT2D eigenvalue weighted by Crippen LogP contribution is 2.32. The lowest BCUT2D eigenvalue weighted by Gasteiger charge is -2.38.